The second kappa shape index (κ2) is 6.82. The second-order valence-corrected chi connectivity index (χ2v) is 7.88. The minimum absolute atomic E-state index is 0.0638. The molecule has 140 valence electrons. The molecule has 1 aromatic carbocycles. The van der Waals surface area contributed by atoms with E-state index in [-0.39, 0.29) is 11.5 Å². The normalized spacial score (nSPS) is 19.1. The summed E-state index contributed by atoms with van der Waals surface area (Å²) in [4.78, 5) is 22.4. The molecule has 27 heavy (non-hydrogen) atoms. The van der Waals surface area contributed by atoms with E-state index >= 15 is 0 Å². The predicted molar refractivity (Wildman–Crippen MR) is 107 cm³/mol. The van der Waals surface area contributed by atoms with Crippen LogP contribution in [0.3, 0.4) is 0 Å². The number of carbonyl (C=O) groups excluding carboxylic acids is 1. The number of pyridine rings is 1. The van der Waals surface area contributed by atoms with Crippen LogP contribution in [-0.2, 0) is 4.74 Å². The maximum absolute atomic E-state index is 12.8. The monoisotopic (exact) mass is 363 g/mol. The van der Waals surface area contributed by atoms with E-state index in [9.17, 15) is 4.79 Å². The SMILES string of the molecule is CN(C(=O)c1cc2cc(C3CCOC(C)(C)C3)ncc2[nH]1)c1ccccc1. The van der Waals surface area contributed by atoms with Gasteiger partial charge in [-0.1, -0.05) is 18.2 Å². The highest BCUT2D eigenvalue weighted by Crippen LogP contribution is 2.35. The van der Waals surface area contributed by atoms with Gasteiger partial charge in [-0.15, -0.1) is 0 Å². The number of anilines is 1. The Morgan fingerprint density at radius 3 is 2.78 bits per heavy atom. The van der Waals surface area contributed by atoms with Gasteiger partial charge in [0, 0.05) is 36.3 Å². The summed E-state index contributed by atoms with van der Waals surface area (Å²) in [6, 6.07) is 13.7. The molecule has 5 heteroatoms. The van der Waals surface area contributed by atoms with E-state index in [0.29, 0.717) is 11.6 Å². The molecule has 1 aliphatic rings. The largest absolute Gasteiger partial charge is 0.376 e. The number of nitrogens with one attached hydrogen (secondary N) is 1. The number of aromatic nitrogens is 2. The highest BCUT2D eigenvalue weighted by atomic mass is 16.5. The zero-order chi connectivity index (χ0) is 19.0. The lowest BCUT2D eigenvalue weighted by Gasteiger charge is -2.35. The summed E-state index contributed by atoms with van der Waals surface area (Å²) in [5.74, 6) is 0.324. The zero-order valence-electron chi connectivity index (χ0n) is 16.0. The summed E-state index contributed by atoms with van der Waals surface area (Å²) >= 11 is 0. The molecule has 4 rings (SSSR count). The molecule has 0 aliphatic carbocycles. The summed E-state index contributed by atoms with van der Waals surface area (Å²) < 4.78 is 5.82. The highest BCUT2D eigenvalue weighted by Gasteiger charge is 2.30. The van der Waals surface area contributed by atoms with Gasteiger partial charge >= 0.3 is 0 Å². The number of ether oxygens (including phenoxy) is 1. The van der Waals surface area contributed by atoms with Crippen molar-refractivity contribution in [1.82, 2.24) is 9.97 Å². The van der Waals surface area contributed by atoms with Gasteiger partial charge in [0.25, 0.3) is 5.91 Å². The Bertz CT molecular complexity index is 962. The second-order valence-electron chi connectivity index (χ2n) is 7.88. The number of para-hydroxylation sites is 1. The average molecular weight is 363 g/mol. The number of H-pyrrole nitrogens is 1. The lowest BCUT2D eigenvalue weighted by atomic mass is 9.86. The van der Waals surface area contributed by atoms with Crippen LogP contribution in [0.25, 0.3) is 10.9 Å². The summed E-state index contributed by atoms with van der Waals surface area (Å²) in [5.41, 5.74) is 3.28. The van der Waals surface area contributed by atoms with Crippen LogP contribution >= 0.6 is 0 Å². The Morgan fingerprint density at radius 2 is 2.04 bits per heavy atom. The van der Waals surface area contributed by atoms with Gasteiger partial charge in [-0.3, -0.25) is 9.78 Å². The van der Waals surface area contributed by atoms with E-state index in [1.54, 1.807) is 11.9 Å². The molecule has 0 bridgehead atoms. The van der Waals surface area contributed by atoms with Crippen molar-refractivity contribution in [2.45, 2.75) is 38.2 Å². The molecule has 3 heterocycles. The molecule has 1 amide bonds. The van der Waals surface area contributed by atoms with E-state index < -0.39 is 0 Å². The third kappa shape index (κ3) is 3.60. The van der Waals surface area contributed by atoms with Crippen molar-refractivity contribution in [3.05, 3.63) is 60.0 Å². The van der Waals surface area contributed by atoms with Gasteiger partial charge in [-0.2, -0.15) is 0 Å². The van der Waals surface area contributed by atoms with Gasteiger partial charge in [0.05, 0.1) is 17.3 Å². The third-order valence-corrected chi connectivity index (χ3v) is 5.32. The van der Waals surface area contributed by atoms with Gasteiger partial charge in [0.2, 0.25) is 0 Å². The van der Waals surface area contributed by atoms with E-state index in [1.807, 2.05) is 42.6 Å². The Labute approximate surface area is 159 Å². The maximum atomic E-state index is 12.8. The van der Waals surface area contributed by atoms with Crippen molar-refractivity contribution in [2.24, 2.45) is 0 Å². The topological polar surface area (TPSA) is 58.2 Å². The Hall–Kier alpha value is -2.66. The molecule has 1 fully saturated rings. The standard InChI is InChI=1S/C22H25N3O2/c1-22(2)13-15(9-10-27-22)18-11-16-12-19(24-20(16)14-23-18)21(26)25(3)17-7-5-4-6-8-17/h4-8,11-12,14-15,24H,9-10,13H2,1-3H3. The van der Waals surface area contributed by atoms with Crippen LogP contribution in [0.2, 0.25) is 0 Å². The Balaban J connectivity index is 1.60. The molecule has 3 aromatic rings. The number of aromatic amines is 1. The first-order chi connectivity index (χ1) is 12.9. The summed E-state index contributed by atoms with van der Waals surface area (Å²) in [7, 11) is 1.79. The Kier molecular flexibility index (Phi) is 4.48. The smallest absolute Gasteiger partial charge is 0.274 e. The summed E-state index contributed by atoms with van der Waals surface area (Å²) in [6.07, 6.45) is 3.78. The number of nitrogens with zero attached hydrogens (tertiary/aromatic N) is 2. The van der Waals surface area contributed by atoms with Crippen molar-refractivity contribution in [2.75, 3.05) is 18.6 Å². The summed E-state index contributed by atoms with van der Waals surface area (Å²) in [5, 5.41) is 1.02. The highest BCUT2D eigenvalue weighted by molar-refractivity contribution is 6.07. The fourth-order valence-corrected chi connectivity index (χ4v) is 3.82. The first-order valence-corrected chi connectivity index (χ1v) is 9.39. The number of hydrogen-bond donors (Lipinski definition) is 1. The van der Waals surface area contributed by atoms with Crippen molar-refractivity contribution in [1.29, 1.82) is 0 Å². The average Bonchev–Trinajstić information content (AvgIpc) is 3.10. The van der Waals surface area contributed by atoms with Crippen LogP contribution in [0.4, 0.5) is 5.69 Å². The molecule has 5 nitrogen and oxygen atoms in total. The van der Waals surface area contributed by atoms with Crippen LogP contribution in [0.5, 0.6) is 0 Å². The van der Waals surface area contributed by atoms with Crippen LogP contribution in [0.1, 0.15) is 48.8 Å². The van der Waals surface area contributed by atoms with Crippen LogP contribution in [0.15, 0.2) is 48.7 Å². The molecule has 0 saturated carbocycles. The minimum Gasteiger partial charge on any atom is -0.376 e. The van der Waals surface area contributed by atoms with Crippen LogP contribution in [0, 0.1) is 0 Å². The van der Waals surface area contributed by atoms with Crippen molar-refractivity contribution in [3.63, 3.8) is 0 Å². The van der Waals surface area contributed by atoms with Gasteiger partial charge in [0.15, 0.2) is 0 Å². The molecule has 1 atom stereocenters. The number of benzene rings is 1. The predicted octanol–water partition coefficient (Wildman–Crippen LogP) is 4.51. The quantitative estimate of drug-likeness (QED) is 0.745. The molecular formula is C22H25N3O2. The number of fused-ring (bicyclic) bond motifs is 1. The zero-order valence-corrected chi connectivity index (χ0v) is 16.0. The number of hydrogen-bond acceptors (Lipinski definition) is 3. The molecule has 0 spiro atoms. The van der Waals surface area contributed by atoms with Gasteiger partial charge in [0.1, 0.15) is 5.69 Å². The van der Waals surface area contributed by atoms with E-state index in [4.69, 9.17) is 4.74 Å². The molecule has 1 aliphatic heterocycles. The number of rotatable bonds is 3. The fourth-order valence-electron chi connectivity index (χ4n) is 3.82. The number of carbonyl (C=O) groups is 1. The summed E-state index contributed by atoms with van der Waals surface area (Å²) in [6.45, 7) is 5.02. The molecule has 1 saturated heterocycles. The third-order valence-electron chi connectivity index (χ3n) is 5.32. The molecule has 1 N–H and O–H groups in total. The lowest BCUT2D eigenvalue weighted by molar-refractivity contribution is -0.0597. The van der Waals surface area contributed by atoms with Crippen molar-refractivity contribution in [3.8, 4) is 0 Å². The minimum atomic E-state index is -0.114. The first kappa shape index (κ1) is 17.7. The van der Waals surface area contributed by atoms with E-state index in [0.717, 1.165) is 41.7 Å². The molecular weight excluding hydrogens is 338 g/mol. The first-order valence-electron chi connectivity index (χ1n) is 9.39. The Morgan fingerprint density at radius 1 is 1.26 bits per heavy atom. The lowest BCUT2D eigenvalue weighted by Crippen LogP contribution is -2.33. The van der Waals surface area contributed by atoms with Crippen LogP contribution in [-0.4, -0.2) is 35.1 Å². The fraction of sp³-hybridized carbons (Fsp3) is 0.364. The van der Waals surface area contributed by atoms with E-state index in [2.05, 4.69) is 29.9 Å². The van der Waals surface area contributed by atoms with Crippen molar-refractivity contribution < 1.29 is 9.53 Å². The number of amides is 1. The molecule has 1 unspecified atom stereocenters. The van der Waals surface area contributed by atoms with Gasteiger partial charge < -0.3 is 14.6 Å². The van der Waals surface area contributed by atoms with Gasteiger partial charge in [-0.25, -0.2) is 0 Å². The van der Waals surface area contributed by atoms with Crippen LogP contribution < -0.4 is 4.90 Å². The van der Waals surface area contributed by atoms with Gasteiger partial charge in [-0.05, 0) is 51.0 Å². The van der Waals surface area contributed by atoms with E-state index in [1.165, 1.54) is 0 Å². The molecule has 0 radical (unpaired) electrons. The van der Waals surface area contributed by atoms with Crippen molar-refractivity contribution >= 4 is 22.5 Å². The molecule has 2 aromatic heterocycles. The maximum Gasteiger partial charge on any atom is 0.274 e.